The largest absolute Gasteiger partial charge is 0.493 e. The number of ether oxygens (including phenoxy) is 2. The summed E-state index contributed by atoms with van der Waals surface area (Å²) in [5.74, 6) is -0.279. The van der Waals surface area contributed by atoms with Crippen LogP contribution in [0.15, 0.2) is 18.2 Å². The molecule has 0 fully saturated rings. The van der Waals surface area contributed by atoms with E-state index >= 15 is 0 Å². The molecule has 0 atom stereocenters. The Morgan fingerprint density at radius 2 is 2.08 bits per heavy atom. The average Bonchev–Trinajstić information content (AvgIpc) is 2.18. The van der Waals surface area contributed by atoms with E-state index in [1.54, 1.807) is 6.07 Å². The molecule has 0 bridgehead atoms. The van der Waals surface area contributed by atoms with Crippen molar-refractivity contribution >= 4 is 0 Å². The molecule has 0 radical (unpaired) electrons. The quantitative estimate of drug-likeness (QED) is 0.770. The van der Waals surface area contributed by atoms with Gasteiger partial charge in [0.1, 0.15) is 0 Å². The minimum Gasteiger partial charge on any atom is -0.493 e. The number of rotatable bonds is 4. The van der Waals surface area contributed by atoms with E-state index < -0.39 is 14.1 Å². The van der Waals surface area contributed by atoms with Gasteiger partial charge in [0.05, 0.1) is 22.3 Å². The van der Waals surface area contributed by atoms with Gasteiger partial charge in [0.15, 0.2) is 11.5 Å². The molecule has 3 nitrogen and oxygen atoms in total. The highest BCUT2D eigenvalue weighted by Crippen LogP contribution is 2.27. The van der Waals surface area contributed by atoms with Crippen LogP contribution in [-0.4, -0.2) is 20.6 Å². The first-order chi connectivity index (χ1) is 8.61. The molecule has 13 heavy (non-hydrogen) atoms. The number of benzene rings is 1. The zero-order valence-corrected chi connectivity index (χ0v) is 7.04. The highest BCUT2D eigenvalue weighted by atomic mass is 16.5. The Kier molecular flexibility index (Phi) is 1.57. The van der Waals surface area contributed by atoms with Crippen LogP contribution in [0.1, 0.15) is 13.8 Å². The number of hydrogen-bond donors (Lipinski definition) is 1. The molecular weight excluding hydrogens is 166 g/mol. The number of methoxy groups -OCH3 is 2. The summed E-state index contributed by atoms with van der Waals surface area (Å²) < 4.78 is 51.7. The highest BCUT2D eigenvalue weighted by Gasteiger charge is 2.03. The first kappa shape index (κ1) is 4.33. The molecule has 72 valence electrons. The lowest BCUT2D eigenvalue weighted by molar-refractivity contribution is 0.354. The van der Waals surface area contributed by atoms with Crippen LogP contribution in [0.5, 0.6) is 11.5 Å². The highest BCUT2D eigenvalue weighted by molar-refractivity contribution is 5.42. The summed E-state index contributed by atoms with van der Waals surface area (Å²) >= 11 is 0. The molecule has 0 saturated carbocycles. The van der Waals surface area contributed by atoms with Crippen molar-refractivity contribution < 1.29 is 17.7 Å². The molecule has 0 amide bonds. The van der Waals surface area contributed by atoms with Crippen molar-refractivity contribution in [2.75, 3.05) is 20.6 Å². The summed E-state index contributed by atoms with van der Waals surface area (Å²) in [5.41, 5.74) is 6.14. The number of nitrogens with two attached hydrogens (primary N) is 1. The van der Waals surface area contributed by atoms with Crippen LogP contribution < -0.4 is 15.2 Å². The van der Waals surface area contributed by atoms with Crippen molar-refractivity contribution in [1.29, 1.82) is 0 Å². The lowest BCUT2D eigenvalue weighted by atomic mass is 10.1. The fourth-order valence-corrected chi connectivity index (χ4v) is 1.04. The summed E-state index contributed by atoms with van der Waals surface area (Å²) in [6.07, 6.45) is 0.519. The SMILES string of the molecule is [2H]C([2H])([2H])Oc1ccc(CCN)cc1OC([2H])([2H])[2H]. The molecule has 0 aliphatic heterocycles. The fraction of sp³-hybridized carbons (Fsp3) is 0.400. The van der Waals surface area contributed by atoms with Gasteiger partial charge in [0.2, 0.25) is 0 Å². The Morgan fingerprint density at radius 3 is 2.77 bits per heavy atom. The Morgan fingerprint density at radius 1 is 1.31 bits per heavy atom. The maximum Gasteiger partial charge on any atom is 0.160 e. The zero-order valence-electron chi connectivity index (χ0n) is 13.0. The Bertz CT molecular complexity index is 429. The summed E-state index contributed by atoms with van der Waals surface area (Å²) in [4.78, 5) is 0. The van der Waals surface area contributed by atoms with E-state index in [0.29, 0.717) is 13.0 Å². The van der Waals surface area contributed by atoms with Crippen molar-refractivity contribution in [1.82, 2.24) is 0 Å². The van der Waals surface area contributed by atoms with Crippen LogP contribution in [-0.2, 0) is 6.42 Å². The molecule has 0 aliphatic rings. The monoisotopic (exact) mass is 187 g/mol. The molecule has 0 aromatic heterocycles. The molecule has 3 heteroatoms. The molecule has 1 aromatic carbocycles. The second-order valence-corrected chi connectivity index (χ2v) is 2.52. The van der Waals surface area contributed by atoms with Gasteiger partial charge in [-0.25, -0.2) is 0 Å². The Labute approximate surface area is 86.9 Å². The van der Waals surface area contributed by atoms with Crippen LogP contribution in [0.4, 0.5) is 0 Å². The van der Waals surface area contributed by atoms with Crippen LogP contribution in [0.2, 0.25) is 0 Å². The van der Waals surface area contributed by atoms with Crippen LogP contribution in [0.3, 0.4) is 0 Å². The van der Waals surface area contributed by atoms with Gasteiger partial charge in [-0.3, -0.25) is 0 Å². The van der Waals surface area contributed by atoms with Gasteiger partial charge >= 0.3 is 0 Å². The van der Waals surface area contributed by atoms with Crippen molar-refractivity contribution in [3.63, 3.8) is 0 Å². The lowest BCUT2D eigenvalue weighted by Crippen LogP contribution is -2.03. The molecule has 0 spiro atoms. The van der Waals surface area contributed by atoms with E-state index in [1.165, 1.54) is 12.1 Å². The van der Waals surface area contributed by atoms with Crippen LogP contribution in [0.25, 0.3) is 0 Å². The molecule has 1 rings (SSSR count). The van der Waals surface area contributed by atoms with Gasteiger partial charge in [-0.15, -0.1) is 0 Å². The van der Waals surface area contributed by atoms with Gasteiger partial charge in [-0.05, 0) is 30.7 Å². The van der Waals surface area contributed by atoms with Gasteiger partial charge < -0.3 is 15.2 Å². The number of hydrogen-bond acceptors (Lipinski definition) is 3. The minimum absolute atomic E-state index is 0.137. The van der Waals surface area contributed by atoms with Crippen molar-refractivity contribution in [3.8, 4) is 11.5 Å². The van der Waals surface area contributed by atoms with Gasteiger partial charge in [-0.2, -0.15) is 0 Å². The predicted octanol–water partition coefficient (Wildman–Crippen LogP) is 1.21. The maximum atomic E-state index is 7.06. The minimum atomic E-state index is -2.69. The molecule has 0 unspecified atom stereocenters. The van der Waals surface area contributed by atoms with E-state index in [0.717, 1.165) is 5.56 Å². The summed E-state index contributed by atoms with van der Waals surface area (Å²) in [6.45, 7) is 0.382. The van der Waals surface area contributed by atoms with E-state index in [2.05, 4.69) is 0 Å². The van der Waals surface area contributed by atoms with Crippen molar-refractivity contribution in [2.45, 2.75) is 6.42 Å². The first-order valence-corrected chi connectivity index (χ1v) is 3.82. The summed E-state index contributed by atoms with van der Waals surface area (Å²) in [5, 5.41) is 0. The second kappa shape index (κ2) is 4.72. The fourth-order valence-electron chi connectivity index (χ4n) is 1.04. The molecule has 0 heterocycles. The first-order valence-electron chi connectivity index (χ1n) is 6.82. The molecule has 2 N–H and O–H groups in total. The maximum absolute atomic E-state index is 7.06. The third kappa shape index (κ3) is 2.36. The Balaban J connectivity index is 3.07. The molecule has 0 saturated heterocycles. The average molecular weight is 187 g/mol. The van der Waals surface area contributed by atoms with E-state index in [4.69, 9.17) is 23.4 Å². The second-order valence-electron chi connectivity index (χ2n) is 2.52. The van der Waals surface area contributed by atoms with Gasteiger partial charge in [-0.1, -0.05) is 6.07 Å². The topological polar surface area (TPSA) is 44.5 Å². The lowest BCUT2D eigenvalue weighted by Gasteiger charge is -2.08. The molecule has 1 aromatic rings. The smallest absolute Gasteiger partial charge is 0.160 e. The normalized spacial score (nSPS) is 18.5. The summed E-state index contributed by atoms with van der Waals surface area (Å²) in [7, 11) is -5.36. The van der Waals surface area contributed by atoms with E-state index in [9.17, 15) is 0 Å². The van der Waals surface area contributed by atoms with Gasteiger partial charge in [0, 0.05) is 0 Å². The van der Waals surface area contributed by atoms with Crippen molar-refractivity contribution in [2.24, 2.45) is 5.73 Å². The third-order valence-corrected chi connectivity index (χ3v) is 1.66. The Hall–Kier alpha value is -1.22. The summed E-state index contributed by atoms with van der Waals surface area (Å²) in [6, 6.07) is 4.39. The van der Waals surface area contributed by atoms with Gasteiger partial charge in [0.25, 0.3) is 0 Å². The molecule has 0 aliphatic carbocycles. The standard InChI is InChI=1S/C10H15NO2/c1-12-9-4-3-8(5-6-11)7-10(9)13-2/h3-4,7H,5-6,11H2,1-2H3/i1D3,2D3. The van der Waals surface area contributed by atoms with E-state index in [-0.39, 0.29) is 11.5 Å². The third-order valence-electron chi connectivity index (χ3n) is 1.66. The van der Waals surface area contributed by atoms with Crippen molar-refractivity contribution in [3.05, 3.63) is 23.8 Å². The molecular formula is C10H15NO2. The van der Waals surface area contributed by atoms with Crippen LogP contribution in [0, 0.1) is 0 Å². The zero-order chi connectivity index (χ0) is 14.7. The van der Waals surface area contributed by atoms with E-state index in [1.807, 2.05) is 0 Å². The van der Waals surface area contributed by atoms with Crippen LogP contribution >= 0.6 is 0 Å². The predicted molar refractivity (Wildman–Crippen MR) is 52.3 cm³/mol.